The number of hydrogen-bond acceptors (Lipinski definition) is 8. The van der Waals surface area contributed by atoms with Crippen molar-refractivity contribution in [1.82, 2.24) is 25.5 Å². The van der Waals surface area contributed by atoms with E-state index in [9.17, 15) is 31.9 Å². The second-order valence-corrected chi connectivity index (χ2v) is 13.8. The fourth-order valence-corrected chi connectivity index (χ4v) is 7.32. The van der Waals surface area contributed by atoms with Gasteiger partial charge in [0.05, 0.1) is 24.5 Å². The number of aliphatic hydroxyl groups is 1. The molecule has 1 aliphatic rings. The van der Waals surface area contributed by atoms with E-state index in [1.54, 1.807) is 22.9 Å². The third kappa shape index (κ3) is 8.01. The molecule has 5 aromatic carbocycles. The molecule has 55 heavy (non-hydrogen) atoms. The number of hydrogen-bond donors (Lipinski definition) is 2. The summed E-state index contributed by atoms with van der Waals surface area (Å²) in [5.41, 5.74) is 3.64. The van der Waals surface area contributed by atoms with E-state index < -0.39 is 46.8 Å². The van der Waals surface area contributed by atoms with Crippen LogP contribution in [0.2, 0.25) is 0 Å². The summed E-state index contributed by atoms with van der Waals surface area (Å²) in [5.74, 6) is -12.2. The largest absolute Gasteiger partial charge is 0.392 e. The first kappa shape index (κ1) is 37.8. The predicted molar refractivity (Wildman–Crippen MR) is 192 cm³/mol. The van der Waals surface area contributed by atoms with Gasteiger partial charge in [0.15, 0.2) is 29.6 Å². The highest BCUT2D eigenvalue weighted by Crippen LogP contribution is 2.43. The van der Waals surface area contributed by atoms with Gasteiger partial charge in [-0.15, -0.1) is 5.10 Å². The number of ether oxygens (including phenoxy) is 2. The van der Waals surface area contributed by atoms with Crippen LogP contribution in [0.1, 0.15) is 51.9 Å². The van der Waals surface area contributed by atoms with Crippen molar-refractivity contribution in [3.8, 4) is 16.8 Å². The molecule has 7 rings (SSSR count). The molecule has 1 amide bonds. The number of para-hydroxylation sites is 1. The summed E-state index contributed by atoms with van der Waals surface area (Å²) in [6.45, 7) is 1.70. The number of amides is 1. The molecule has 15 heteroatoms. The highest BCUT2D eigenvalue weighted by Gasteiger charge is 2.39. The number of rotatable bonds is 11. The highest BCUT2D eigenvalue weighted by molar-refractivity contribution is 7.99. The molecule has 0 aliphatic carbocycles. The van der Waals surface area contributed by atoms with Gasteiger partial charge in [-0.1, -0.05) is 97.5 Å². The summed E-state index contributed by atoms with van der Waals surface area (Å²) < 4.78 is 84.3. The Kier molecular flexibility index (Phi) is 11.3. The molecule has 1 saturated heterocycles. The van der Waals surface area contributed by atoms with E-state index in [0.717, 1.165) is 27.9 Å². The molecule has 0 radical (unpaired) electrons. The zero-order valence-electron chi connectivity index (χ0n) is 29.0. The molecule has 1 aliphatic heterocycles. The van der Waals surface area contributed by atoms with E-state index in [-0.39, 0.29) is 31.3 Å². The molecule has 4 atom stereocenters. The zero-order chi connectivity index (χ0) is 38.6. The van der Waals surface area contributed by atoms with Crippen LogP contribution in [0.25, 0.3) is 16.8 Å². The van der Waals surface area contributed by atoms with Crippen molar-refractivity contribution in [1.29, 1.82) is 0 Å². The van der Waals surface area contributed by atoms with E-state index in [0.29, 0.717) is 22.0 Å². The summed E-state index contributed by atoms with van der Waals surface area (Å²) in [4.78, 5) is 12.6. The van der Waals surface area contributed by atoms with Crippen molar-refractivity contribution in [2.75, 3.05) is 5.75 Å². The fraction of sp³-hybridized carbons (Fsp3) is 0.200. The summed E-state index contributed by atoms with van der Waals surface area (Å²) in [6, 6.07) is 31.5. The molecular formula is C40H32F5N5O4S. The van der Waals surface area contributed by atoms with Crippen LogP contribution in [-0.4, -0.2) is 43.1 Å². The van der Waals surface area contributed by atoms with Gasteiger partial charge in [0, 0.05) is 23.8 Å². The Morgan fingerprint density at radius 1 is 0.782 bits per heavy atom. The molecule has 0 unspecified atom stereocenters. The minimum absolute atomic E-state index is 0.0891. The van der Waals surface area contributed by atoms with Crippen LogP contribution in [0, 0.1) is 35.0 Å². The Morgan fingerprint density at radius 2 is 1.45 bits per heavy atom. The van der Waals surface area contributed by atoms with Crippen molar-refractivity contribution in [3.63, 3.8) is 0 Å². The monoisotopic (exact) mass is 773 g/mol. The van der Waals surface area contributed by atoms with E-state index in [1.165, 1.54) is 11.8 Å². The lowest BCUT2D eigenvalue weighted by Crippen LogP contribution is -2.38. The Morgan fingerprint density at radius 3 is 2.16 bits per heavy atom. The van der Waals surface area contributed by atoms with Gasteiger partial charge in [-0.2, -0.15) is 4.68 Å². The number of nitrogens with zero attached hydrogens (tertiary/aromatic N) is 4. The van der Waals surface area contributed by atoms with Crippen LogP contribution in [0.5, 0.6) is 0 Å². The van der Waals surface area contributed by atoms with Gasteiger partial charge < -0.3 is 19.9 Å². The quantitative estimate of drug-likeness (QED) is 0.0590. The third-order valence-corrected chi connectivity index (χ3v) is 10.3. The van der Waals surface area contributed by atoms with Crippen molar-refractivity contribution in [2.45, 2.75) is 43.7 Å². The van der Waals surface area contributed by atoms with E-state index in [1.807, 2.05) is 84.9 Å². The minimum Gasteiger partial charge on any atom is -0.392 e. The number of nitrogens with one attached hydrogen (secondary N) is 1. The van der Waals surface area contributed by atoms with Gasteiger partial charge in [0.1, 0.15) is 5.56 Å². The van der Waals surface area contributed by atoms with E-state index in [2.05, 4.69) is 27.8 Å². The smallest absolute Gasteiger partial charge is 0.257 e. The maximum Gasteiger partial charge on any atom is 0.257 e. The van der Waals surface area contributed by atoms with Crippen LogP contribution >= 0.6 is 11.8 Å². The summed E-state index contributed by atoms with van der Waals surface area (Å²) in [5, 5.41) is 24.7. The molecule has 0 saturated carbocycles. The topological polar surface area (TPSA) is 111 Å². The standard InChI is InChI=1S/C40H32F5N5O4S/c1-22-30(21-55-40-47-48-49-50(40)29-11-3-2-4-12-29)53-39(54-37(22)25-15-13-23(20-51)14-16-25)28-10-6-9-27(18-28)26-8-5-7-24(17-26)19-46-38(52)31-32(41)34(43)36(45)35(44)33(31)42/h2-18,22,30,37,39,51H,19-21H2,1H3,(H,46,52)/t22-,30+,37+,39+/m1/s1. The lowest BCUT2D eigenvalue weighted by molar-refractivity contribution is -0.268. The summed E-state index contributed by atoms with van der Waals surface area (Å²) in [6.07, 6.45) is -1.49. The number of carbonyl (C=O) groups excluding carboxylic acids is 1. The molecule has 2 heterocycles. The van der Waals surface area contributed by atoms with Crippen LogP contribution in [0.4, 0.5) is 22.0 Å². The second kappa shape index (κ2) is 16.5. The fourth-order valence-electron chi connectivity index (χ4n) is 6.27. The van der Waals surface area contributed by atoms with Crippen LogP contribution < -0.4 is 5.32 Å². The van der Waals surface area contributed by atoms with Crippen LogP contribution in [0.15, 0.2) is 108 Å². The van der Waals surface area contributed by atoms with Crippen molar-refractivity contribution < 1.29 is 41.3 Å². The molecular weight excluding hydrogens is 742 g/mol. The van der Waals surface area contributed by atoms with Gasteiger partial charge in [-0.25, -0.2) is 22.0 Å². The zero-order valence-corrected chi connectivity index (χ0v) is 29.8. The lowest BCUT2D eigenvalue weighted by atomic mass is 9.91. The number of halogens is 5. The molecule has 0 spiro atoms. The normalized spacial score (nSPS) is 18.3. The molecule has 1 aromatic heterocycles. The first-order valence-electron chi connectivity index (χ1n) is 17.1. The molecule has 6 aromatic rings. The molecule has 282 valence electrons. The average Bonchev–Trinajstić information content (AvgIpc) is 3.70. The molecule has 9 nitrogen and oxygen atoms in total. The number of tetrazole rings is 1. The van der Waals surface area contributed by atoms with E-state index >= 15 is 0 Å². The highest BCUT2D eigenvalue weighted by atomic mass is 32.2. The van der Waals surface area contributed by atoms with Gasteiger partial charge in [-0.05, 0) is 62.5 Å². The van der Waals surface area contributed by atoms with Gasteiger partial charge in [0.2, 0.25) is 11.0 Å². The van der Waals surface area contributed by atoms with E-state index in [4.69, 9.17) is 9.47 Å². The molecule has 1 fully saturated rings. The van der Waals surface area contributed by atoms with Crippen LogP contribution in [0.3, 0.4) is 0 Å². The summed E-state index contributed by atoms with van der Waals surface area (Å²) in [7, 11) is 0. The first-order chi connectivity index (χ1) is 26.6. The number of aromatic nitrogens is 4. The van der Waals surface area contributed by atoms with Crippen molar-refractivity contribution in [3.05, 3.63) is 160 Å². The number of thioether (sulfide) groups is 1. The van der Waals surface area contributed by atoms with Crippen molar-refractivity contribution in [2.24, 2.45) is 5.92 Å². The molecule has 2 N–H and O–H groups in total. The lowest BCUT2D eigenvalue weighted by Gasteiger charge is -2.41. The number of carbonyl (C=O) groups is 1. The Balaban J connectivity index is 1.11. The number of benzene rings is 5. The SMILES string of the molecule is C[C@@H]1[C@H](CSc2nnnn2-c2ccccc2)O[C@H](c2cccc(-c3cccc(CNC(=O)c4c(F)c(F)c(F)c(F)c4F)c3)c2)O[C@@H]1c1ccc(CO)cc1. The first-order valence-corrected chi connectivity index (χ1v) is 18.1. The van der Waals surface area contributed by atoms with Crippen LogP contribution in [-0.2, 0) is 22.6 Å². The Labute approximate surface area is 316 Å². The maximum absolute atomic E-state index is 14.2. The van der Waals surface area contributed by atoms with Gasteiger partial charge >= 0.3 is 0 Å². The van der Waals surface area contributed by atoms with Gasteiger partial charge in [0.25, 0.3) is 5.91 Å². The van der Waals surface area contributed by atoms with Crippen molar-refractivity contribution >= 4 is 17.7 Å². The Bertz CT molecular complexity index is 2290. The Hall–Kier alpha value is -5.48. The third-order valence-electron chi connectivity index (χ3n) is 9.25. The maximum atomic E-state index is 14.2. The molecule has 0 bridgehead atoms. The minimum atomic E-state index is -2.34. The predicted octanol–water partition coefficient (Wildman–Crippen LogP) is 8.03. The second-order valence-electron chi connectivity index (χ2n) is 12.8. The summed E-state index contributed by atoms with van der Waals surface area (Å²) >= 11 is 1.46. The van der Waals surface area contributed by atoms with Gasteiger partial charge in [-0.3, -0.25) is 4.79 Å². The average molecular weight is 774 g/mol. The number of aliphatic hydroxyl groups excluding tert-OH is 1.